The Morgan fingerprint density at radius 1 is 0.938 bits per heavy atom. The molecule has 0 spiro atoms. The molecule has 8 heteroatoms. The minimum atomic E-state index is -0.578. The Morgan fingerprint density at radius 2 is 1.66 bits per heavy atom. The second kappa shape index (κ2) is 9.03. The number of aromatic nitrogens is 2. The Labute approximate surface area is 188 Å². The summed E-state index contributed by atoms with van der Waals surface area (Å²) in [5.74, 6) is -0.819. The molecule has 1 aromatic heterocycles. The van der Waals surface area contributed by atoms with Crippen molar-refractivity contribution < 1.29 is 9.59 Å². The maximum atomic E-state index is 12.8. The van der Waals surface area contributed by atoms with E-state index >= 15 is 0 Å². The van der Waals surface area contributed by atoms with E-state index in [1.165, 1.54) is 13.0 Å². The first-order chi connectivity index (χ1) is 15.4. The summed E-state index contributed by atoms with van der Waals surface area (Å²) < 4.78 is 1.04. The van der Waals surface area contributed by atoms with Gasteiger partial charge >= 0.3 is 0 Å². The highest BCUT2D eigenvalue weighted by atomic mass is 35.5. The van der Waals surface area contributed by atoms with E-state index in [9.17, 15) is 14.4 Å². The van der Waals surface area contributed by atoms with E-state index in [1.54, 1.807) is 30.3 Å². The fourth-order valence-corrected chi connectivity index (χ4v) is 3.48. The molecule has 0 fully saturated rings. The first-order valence-electron chi connectivity index (χ1n) is 9.84. The molecular weight excluding hydrogens is 428 g/mol. The van der Waals surface area contributed by atoms with Gasteiger partial charge in [-0.2, -0.15) is 5.10 Å². The molecule has 0 saturated heterocycles. The summed E-state index contributed by atoms with van der Waals surface area (Å²) in [5.41, 5.74) is 1.20. The highest BCUT2D eigenvalue weighted by Crippen LogP contribution is 2.23. The number of halogens is 1. The number of rotatable bonds is 5. The minimum Gasteiger partial charge on any atom is -0.324 e. The van der Waals surface area contributed by atoms with Gasteiger partial charge in [-0.3, -0.25) is 14.4 Å². The van der Waals surface area contributed by atoms with Crippen LogP contribution in [0.3, 0.4) is 0 Å². The van der Waals surface area contributed by atoms with Crippen LogP contribution in [0, 0.1) is 0 Å². The summed E-state index contributed by atoms with van der Waals surface area (Å²) in [6.07, 6.45) is 0. The first-order valence-corrected chi connectivity index (χ1v) is 10.2. The first kappa shape index (κ1) is 21.3. The van der Waals surface area contributed by atoms with Crippen LogP contribution in [0.25, 0.3) is 22.0 Å². The third-order valence-corrected chi connectivity index (χ3v) is 5.03. The quantitative estimate of drug-likeness (QED) is 0.477. The van der Waals surface area contributed by atoms with Crippen LogP contribution in [0.4, 0.5) is 11.4 Å². The van der Waals surface area contributed by atoms with Gasteiger partial charge in [0.05, 0.1) is 5.69 Å². The van der Waals surface area contributed by atoms with Crippen molar-refractivity contribution in [2.75, 3.05) is 10.6 Å². The van der Waals surface area contributed by atoms with Gasteiger partial charge in [-0.1, -0.05) is 60.1 Å². The van der Waals surface area contributed by atoms with E-state index < -0.39 is 17.4 Å². The summed E-state index contributed by atoms with van der Waals surface area (Å²) in [6, 6.07) is 21.6. The topological polar surface area (TPSA) is 93.1 Å². The molecule has 160 valence electrons. The number of benzene rings is 3. The standard InChI is InChI=1S/C24H19ClN4O3/c1-15(30)26-22-13-21(17-9-11-18(25)12-10-17)28-29(24(22)32)14-23(31)27-20-8-4-6-16-5-2-3-7-19(16)20/h2-13H,14H2,1H3,(H,26,30)(H,27,31). The van der Waals surface area contributed by atoms with Gasteiger partial charge < -0.3 is 10.6 Å². The van der Waals surface area contributed by atoms with Crippen LogP contribution in [0.5, 0.6) is 0 Å². The lowest BCUT2D eigenvalue weighted by atomic mass is 10.1. The number of nitrogens with zero attached hydrogens (tertiary/aromatic N) is 2. The van der Waals surface area contributed by atoms with Crippen molar-refractivity contribution in [2.45, 2.75) is 13.5 Å². The molecule has 2 N–H and O–H groups in total. The van der Waals surface area contributed by atoms with Gasteiger partial charge in [0.15, 0.2) is 0 Å². The van der Waals surface area contributed by atoms with E-state index in [4.69, 9.17) is 11.6 Å². The summed E-state index contributed by atoms with van der Waals surface area (Å²) >= 11 is 5.96. The average Bonchev–Trinajstić information content (AvgIpc) is 2.77. The highest BCUT2D eigenvalue weighted by molar-refractivity contribution is 6.30. The molecular formula is C24H19ClN4O3. The second-order valence-corrected chi connectivity index (χ2v) is 7.61. The predicted molar refractivity (Wildman–Crippen MR) is 126 cm³/mol. The number of hydrogen-bond acceptors (Lipinski definition) is 4. The number of carbonyl (C=O) groups is 2. The minimum absolute atomic E-state index is 0.0374. The van der Waals surface area contributed by atoms with Gasteiger partial charge in [0.2, 0.25) is 11.8 Å². The molecule has 0 atom stereocenters. The largest absolute Gasteiger partial charge is 0.324 e. The van der Waals surface area contributed by atoms with Gasteiger partial charge in [0.1, 0.15) is 12.2 Å². The van der Waals surface area contributed by atoms with Crippen molar-refractivity contribution in [2.24, 2.45) is 0 Å². The van der Waals surface area contributed by atoms with Crippen molar-refractivity contribution in [3.05, 3.63) is 88.2 Å². The number of amides is 2. The summed E-state index contributed by atoms with van der Waals surface area (Å²) in [7, 11) is 0. The molecule has 0 aliphatic carbocycles. The van der Waals surface area contributed by atoms with Crippen LogP contribution in [0.1, 0.15) is 6.92 Å². The molecule has 4 rings (SSSR count). The van der Waals surface area contributed by atoms with Gasteiger partial charge in [0.25, 0.3) is 5.56 Å². The van der Waals surface area contributed by atoms with Gasteiger partial charge in [-0.15, -0.1) is 0 Å². The van der Waals surface area contributed by atoms with E-state index in [-0.39, 0.29) is 12.2 Å². The maximum absolute atomic E-state index is 12.8. The molecule has 3 aromatic carbocycles. The Morgan fingerprint density at radius 3 is 2.41 bits per heavy atom. The molecule has 0 saturated carbocycles. The fourth-order valence-electron chi connectivity index (χ4n) is 3.35. The molecule has 1 heterocycles. The molecule has 0 aliphatic heterocycles. The van der Waals surface area contributed by atoms with Crippen molar-refractivity contribution >= 4 is 45.6 Å². The smallest absolute Gasteiger partial charge is 0.291 e. The summed E-state index contributed by atoms with van der Waals surface area (Å²) in [5, 5.41) is 12.1. The van der Waals surface area contributed by atoms with Crippen LogP contribution >= 0.6 is 11.6 Å². The van der Waals surface area contributed by atoms with Crippen LogP contribution in [0.15, 0.2) is 77.6 Å². The van der Waals surface area contributed by atoms with Gasteiger partial charge in [-0.05, 0) is 29.7 Å². The van der Waals surface area contributed by atoms with Crippen LogP contribution in [-0.2, 0) is 16.1 Å². The van der Waals surface area contributed by atoms with Crippen molar-refractivity contribution in [3.63, 3.8) is 0 Å². The number of fused-ring (bicyclic) bond motifs is 1. The maximum Gasteiger partial charge on any atom is 0.291 e. The third kappa shape index (κ3) is 4.68. The molecule has 2 amide bonds. The summed E-state index contributed by atoms with van der Waals surface area (Å²) in [6.45, 7) is 0.982. The SMILES string of the molecule is CC(=O)Nc1cc(-c2ccc(Cl)cc2)nn(CC(=O)Nc2cccc3ccccc23)c1=O. The lowest BCUT2D eigenvalue weighted by Crippen LogP contribution is -2.32. The van der Waals surface area contributed by atoms with Crippen molar-refractivity contribution in [1.29, 1.82) is 0 Å². The van der Waals surface area contributed by atoms with Crippen LogP contribution in [-0.4, -0.2) is 21.6 Å². The average molecular weight is 447 g/mol. The zero-order chi connectivity index (χ0) is 22.7. The third-order valence-electron chi connectivity index (χ3n) is 4.78. The van der Waals surface area contributed by atoms with Gasteiger partial charge in [0, 0.05) is 28.6 Å². The van der Waals surface area contributed by atoms with Crippen LogP contribution < -0.4 is 16.2 Å². The fraction of sp³-hybridized carbons (Fsp3) is 0.0833. The lowest BCUT2D eigenvalue weighted by Gasteiger charge is -2.12. The number of hydrogen-bond donors (Lipinski definition) is 2. The van der Waals surface area contributed by atoms with E-state index in [2.05, 4.69) is 15.7 Å². The molecule has 0 bridgehead atoms. The van der Waals surface area contributed by atoms with Crippen molar-refractivity contribution in [1.82, 2.24) is 9.78 Å². The Hall–Kier alpha value is -3.97. The second-order valence-electron chi connectivity index (χ2n) is 7.17. The zero-order valence-electron chi connectivity index (χ0n) is 17.1. The number of anilines is 2. The van der Waals surface area contributed by atoms with E-state index in [1.807, 2.05) is 36.4 Å². The Kier molecular flexibility index (Phi) is 6.00. The predicted octanol–water partition coefficient (Wildman–Crippen LogP) is 4.31. The molecule has 4 aromatic rings. The monoisotopic (exact) mass is 446 g/mol. The molecule has 0 radical (unpaired) electrons. The summed E-state index contributed by atoms with van der Waals surface area (Å²) in [4.78, 5) is 37.2. The van der Waals surface area contributed by atoms with Crippen molar-refractivity contribution in [3.8, 4) is 11.3 Å². The van der Waals surface area contributed by atoms with Gasteiger partial charge in [-0.25, -0.2) is 4.68 Å². The normalized spacial score (nSPS) is 10.7. The van der Waals surface area contributed by atoms with E-state index in [0.29, 0.717) is 22.0 Å². The lowest BCUT2D eigenvalue weighted by molar-refractivity contribution is -0.117. The highest BCUT2D eigenvalue weighted by Gasteiger charge is 2.14. The molecule has 32 heavy (non-hydrogen) atoms. The Balaban J connectivity index is 1.67. The van der Waals surface area contributed by atoms with Crippen LogP contribution in [0.2, 0.25) is 5.02 Å². The Bertz CT molecular complexity index is 1380. The molecule has 0 aliphatic rings. The number of carbonyl (C=O) groups excluding carboxylic acids is 2. The zero-order valence-corrected chi connectivity index (χ0v) is 17.9. The number of nitrogens with one attached hydrogen (secondary N) is 2. The molecule has 0 unspecified atom stereocenters. The molecule has 7 nitrogen and oxygen atoms in total. The van der Waals surface area contributed by atoms with E-state index in [0.717, 1.165) is 15.5 Å².